The lowest BCUT2D eigenvalue weighted by atomic mass is 10.1. The van der Waals surface area contributed by atoms with Crippen molar-refractivity contribution in [3.63, 3.8) is 0 Å². The van der Waals surface area contributed by atoms with Crippen LogP contribution in [0.1, 0.15) is 36.8 Å². The number of benzene rings is 2. The molecule has 0 bridgehead atoms. The van der Waals surface area contributed by atoms with E-state index in [1.807, 2.05) is 48.4 Å². The molecule has 2 heterocycles. The summed E-state index contributed by atoms with van der Waals surface area (Å²) in [5, 5.41) is 0. The van der Waals surface area contributed by atoms with E-state index in [1.165, 1.54) is 24.1 Å². The predicted molar refractivity (Wildman–Crippen MR) is 121 cm³/mol. The van der Waals surface area contributed by atoms with Gasteiger partial charge in [0.25, 0.3) is 0 Å². The van der Waals surface area contributed by atoms with Crippen LogP contribution in [0.3, 0.4) is 0 Å². The van der Waals surface area contributed by atoms with Crippen LogP contribution in [0.4, 0.5) is 11.4 Å². The Labute approximate surface area is 178 Å². The Balaban J connectivity index is 1.38. The number of carbonyl (C=O) groups excluding carboxylic acids is 2. The summed E-state index contributed by atoms with van der Waals surface area (Å²) in [6.07, 6.45) is 7.47. The Hall–Kier alpha value is -3.08. The molecule has 2 saturated heterocycles. The first-order valence-electron chi connectivity index (χ1n) is 10.8. The molecular weight excluding hydrogens is 374 g/mol. The van der Waals surface area contributed by atoms with Crippen LogP contribution in [0.5, 0.6) is 0 Å². The fourth-order valence-electron chi connectivity index (χ4n) is 4.23. The molecule has 5 heteroatoms. The van der Waals surface area contributed by atoms with Crippen LogP contribution in [-0.2, 0) is 16.1 Å². The molecule has 0 aromatic heterocycles. The number of rotatable bonds is 6. The molecule has 2 aromatic rings. The van der Waals surface area contributed by atoms with E-state index in [0.29, 0.717) is 13.0 Å². The van der Waals surface area contributed by atoms with Crippen LogP contribution >= 0.6 is 0 Å². The Kier molecular flexibility index (Phi) is 6.17. The molecule has 0 radical (unpaired) electrons. The summed E-state index contributed by atoms with van der Waals surface area (Å²) in [7, 11) is 1.84. The highest BCUT2D eigenvalue weighted by atomic mass is 16.2. The molecule has 5 nitrogen and oxygen atoms in total. The van der Waals surface area contributed by atoms with E-state index >= 15 is 0 Å². The number of nitrogens with zero attached hydrogens (tertiary/aromatic N) is 3. The van der Waals surface area contributed by atoms with E-state index in [9.17, 15) is 9.59 Å². The van der Waals surface area contributed by atoms with Crippen LogP contribution in [0.15, 0.2) is 54.6 Å². The van der Waals surface area contributed by atoms with Gasteiger partial charge in [-0.15, -0.1) is 0 Å². The van der Waals surface area contributed by atoms with Gasteiger partial charge in [0.05, 0.1) is 0 Å². The highest BCUT2D eigenvalue weighted by Crippen LogP contribution is 2.25. The molecule has 2 aliphatic rings. The third kappa shape index (κ3) is 4.56. The van der Waals surface area contributed by atoms with Crippen molar-refractivity contribution < 1.29 is 9.59 Å². The number of anilines is 2. The summed E-state index contributed by atoms with van der Waals surface area (Å²) >= 11 is 0. The molecule has 0 spiro atoms. The molecule has 0 aliphatic carbocycles. The number of likely N-dealkylation sites (N-methyl/N-ethyl adjacent to an activating group) is 1. The average Bonchev–Trinajstić information content (AvgIpc) is 3.45. The predicted octanol–water partition coefficient (Wildman–Crippen LogP) is 4.09. The second-order valence-corrected chi connectivity index (χ2v) is 8.09. The lowest BCUT2D eigenvalue weighted by molar-refractivity contribution is -0.125. The van der Waals surface area contributed by atoms with Crippen molar-refractivity contribution in [3.05, 3.63) is 65.7 Å². The van der Waals surface area contributed by atoms with E-state index in [2.05, 4.69) is 23.1 Å². The molecule has 30 heavy (non-hydrogen) atoms. The highest BCUT2D eigenvalue weighted by molar-refractivity contribution is 5.95. The molecule has 0 atom stereocenters. The summed E-state index contributed by atoms with van der Waals surface area (Å²) in [5.74, 6) is 0.161. The minimum absolute atomic E-state index is 0.0231. The number of carbonyl (C=O) groups is 2. The average molecular weight is 404 g/mol. The maximum absolute atomic E-state index is 12.6. The van der Waals surface area contributed by atoms with E-state index in [1.54, 1.807) is 11.0 Å². The molecule has 0 N–H and O–H groups in total. The minimum Gasteiger partial charge on any atom is -0.371 e. The SMILES string of the molecule is CN(Cc1ccccc1N1CCCC1)C(=O)/C=C/c1ccc(N2CCCC2=O)cc1. The first-order valence-corrected chi connectivity index (χ1v) is 10.8. The topological polar surface area (TPSA) is 43.9 Å². The van der Waals surface area contributed by atoms with Crippen LogP contribution in [0.25, 0.3) is 6.08 Å². The standard InChI is InChI=1S/C25H29N3O2/c1-26(19-21-7-2-3-8-23(21)27-16-4-5-17-27)24(29)15-12-20-10-13-22(14-11-20)28-18-6-9-25(28)30/h2-3,7-8,10-15H,4-6,9,16-19H2,1H3/b15-12+. The second-order valence-electron chi connectivity index (χ2n) is 8.09. The number of hydrogen-bond acceptors (Lipinski definition) is 3. The van der Waals surface area contributed by atoms with Crippen LogP contribution < -0.4 is 9.80 Å². The summed E-state index contributed by atoms with van der Waals surface area (Å²) < 4.78 is 0. The van der Waals surface area contributed by atoms with Crippen LogP contribution in [0.2, 0.25) is 0 Å². The van der Waals surface area contributed by atoms with E-state index in [0.717, 1.165) is 37.3 Å². The van der Waals surface area contributed by atoms with Crippen molar-refractivity contribution in [3.8, 4) is 0 Å². The van der Waals surface area contributed by atoms with Crippen molar-refractivity contribution in [2.24, 2.45) is 0 Å². The van der Waals surface area contributed by atoms with Gasteiger partial charge in [-0.2, -0.15) is 0 Å². The first-order chi connectivity index (χ1) is 14.6. The zero-order chi connectivity index (χ0) is 20.9. The zero-order valence-electron chi connectivity index (χ0n) is 17.6. The molecule has 2 fully saturated rings. The van der Waals surface area contributed by atoms with Gasteiger partial charge in [-0.3, -0.25) is 9.59 Å². The minimum atomic E-state index is -0.0231. The van der Waals surface area contributed by atoms with Gasteiger partial charge < -0.3 is 14.7 Å². The molecule has 2 aromatic carbocycles. The smallest absolute Gasteiger partial charge is 0.246 e. The van der Waals surface area contributed by atoms with Crippen LogP contribution in [0, 0.1) is 0 Å². The van der Waals surface area contributed by atoms with E-state index in [4.69, 9.17) is 0 Å². The quantitative estimate of drug-likeness (QED) is 0.683. The van der Waals surface area contributed by atoms with Gasteiger partial charge in [0.1, 0.15) is 0 Å². The fraction of sp³-hybridized carbons (Fsp3) is 0.360. The second kappa shape index (κ2) is 9.16. The molecule has 0 unspecified atom stereocenters. The summed E-state index contributed by atoms with van der Waals surface area (Å²) in [6, 6.07) is 16.2. The Morgan fingerprint density at radius 3 is 2.43 bits per heavy atom. The fourth-order valence-corrected chi connectivity index (χ4v) is 4.23. The lowest BCUT2D eigenvalue weighted by Crippen LogP contribution is -2.26. The Morgan fingerprint density at radius 2 is 1.73 bits per heavy atom. The van der Waals surface area contributed by atoms with Crippen molar-refractivity contribution in [2.75, 3.05) is 36.5 Å². The zero-order valence-corrected chi connectivity index (χ0v) is 17.6. The summed E-state index contributed by atoms with van der Waals surface area (Å²) in [4.78, 5) is 30.5. The molecule has 156 valence electrons. The van der Waals surface area contributed by atoms with Gasteiger partial charge in [0.2, 0.25) is 11.8 Å². The van der Waals surface area contributed by atoms with Gasteiger partial charge >= 0.3 is 0 Å². The Morgan fingerprint density at radius 1 is 1.00 bits per heavy atom. The van der Waals surface area contributed by atoms with Gasteiger partial charge in [-0.25, -0.2) is 0 Å². The highest BCUT2D eigenvalue weighted by Gasteiger charge is 2.21. The normalized spacial score (nSPS) is 16.6. The lowest BCUT2D eigenvalue weighted by Gasteiger charge is -2.24. The molecular formula is C25H29N3O2. The van der Waals surface area contributed by atoms with Gasteiger partial charge in [0, 0.05) is 57.1 Å². The molecule has 0 saturated carbocycles. The molecule has 4 rings (SSSR count). The van der Waals surface area contributed by atoms with Crippen molar-refractivity contribution >= 4 is 29.3 Å². The van der Waals surface area contributed by atoms with E-state index in [-0.39, 0.29) is 11.8 Å². The van der Waals surface area contributed by atoms with Gasteiger partial charge in [-0.1, -0.05) is 30.3 Å². The number of amides is 2. The van der Waals surface area contributed by atoms with Crippen LogP contribution in [-0.4, -0.2) is 43.4 Å². The summed E-state index contributed by atoms with van der Waals surface area (Å²) in [6.45, 7) is 3.56. The number of hydrogen-bond donors (Lipinski definition) is 0. The van der Waals surface area contributed by atoms with E-state index < -0.39 is 0 Å². The van der Waals surface area contributed by atoms with Gasteiger partial charge in [0.15, 0.2) is 0 Å². The first kappa shape index (κ1) is 20.2. The maximum Gasteiger partial charge on any atom is 0.246 e. The Bertz CT molecular complexity index is 930. The summed E-state index contributed by atoms with van der Waals surface area (Å²) in [5.41, 5.74) is 4.30. The van der Waals surface area contributed by atoms with Crippen molar-refractivity contribution in [1.82, 2.24) is 4.90 Å². The third-order valence-corrected chi connectivity index (χ3v) is 5.92. The van der Waals surface area contributed by atoms with Crippen molar-refractivity contribution in [2.45, 2.75) is 32.2 Å². The molecule has 2 aliphatic heterocycles. The van der Waals surface area contributed by atoms with Crippen molar-refractivity contribution in [1.29, 1.82) is 0 Å². The third-order valence-electron chi connectivity index (χ3n) is 5.92. The number of para-hydroxylation sites is 1. The maximum atomic E-state index is 12.6. The monoisotopic (exact) mass is 403 g/mol. The molecule has 2 amide bonds. The van der Waals surface area contributed by atoms with Gasteiger partial charge in [-0.05, 0) is 54.7 Å². The largest absolute Gasteiger partial charge is 0.371 e.